The Labute approximate surface area is 242 Å². The van der Waals surface area contributed by atoms with E-state index in [1.54, 1.807) is 0 Å². The summed E-state index contributed by atoms with van der Waals surface area (Å²) in [5.41, 5.74) is 8.15. The molecular weight excluding hydrogens is 510 g/mol. The Hall–Kier alpha value is -2.80. The molecule has 0 bridgehead atoms. The maximum Gasteiger partial charge on any atom is 0.261 e. The molecule has 5 nitrogen and oxygen atoms in total. The van der Waals surface area contributed by atoms with E-state index >= 15 is 0 Å². The highest BCUT2D eigenvalue weighted by Crippen LogP contribution is 2.43. The average Bonchev–Trinajstić information content (AvgIpc) is 3.42. The van der Waals surface area contributed by atoms with Gasteiger partial charge in [0.2, 0.25) is 0 Å². The van der Waals surface area contributed by atoms with E-state index in [9.17, 15) is 0 Å². The lowest BCUT2D eigenvalue weighted by atomic mass is 9.88. The first-order valence-corrected chi connectivity index (χ1v) is 16.8. The molecular formula is C34H47N3O2Si. The second kappa shape index (κ2) is 12.0. The molecule has 2 N–H and O–H groups in total. The van der Waals surface area contributed by atoms with Crippen LogP contribution in [0.25, 0.3) is 0 Å². The lowest BCUT2D eigenvalue weighted by Gasteiger charge is -2.45. The monoisotopic (exact) mass is 557 g/mol. The molecule has 0 atom stereocenters. The zero-order valence-corrected chi connectivity index (χ0v) is 25.9. The van der Waals surface area contributed by atoms with Crippen LogP contribution in [-0.2, 0) is 4.43 Å². The van der Waals surface area contributed by atoms with E-state index in [0.717, 1.165) is 56.1 Å². The lowest BCUT2D eigenvalue weighted by molar-refractivity contribution is 0.0792. The first kappa shape index (κ1) is 28.7. The highest BCUT2D eigenvalue weighted by atomic mass is 28.4. The summed E-state index contributed by atoms with van der Waals surface area (Å²) in [6.07, 6.45) is 4.68. The molecule has 2 fully saturated rings. The SMILES string of the molecule is CN1CCN(c2ccc(N)cc2OCC2(CO[Si](c3ccccc3)(c3ccccc3)C(C)(C)C)CCCC2)CC1. The van der Waals surface area contributed by atoms with Gasteiger partial charge in [-0.1, -0.05) is 94.3 Å². The summed E-state index contributed by atoms with van der Waals surface area (Å²) in [4.78, 5) is 4.82. The third kappa shape index (κ3) is 5.95. The summed E-state index contributed by atoms with van der Waals surface area (Å²) in [5, 5.41) is 2.62. The molecule has 6 heteroatoms. The minimum Gasteiger partial charge on any atom is -0.491 e. The van der Waals surface area contributed by atoms with Crippen molar-refractivity contribution in [3.8, 4) is 5.75 Å². The third-order valence-corrected chi connectivity index (χ3v) is 14.0. The summed E-state index contributed by atoms with van der Waals surface area (Å²) in [5.74, 6) is 0.904. The summed E-state index contributed by atoms with van der Waals surface area (Å²) in [7, 11) is -0.426. The summed E-state index contributed by atoms with van der Waals surface area (Å²) >= 11 is 0. The van der Waals surface area contributed by atoms with Crippen molar-refractivity contribution in [2.75, 3.05) is 57.1 Å². The Bertz CT molecular complexity index is 1190. The molecule has 2 aliphatic rings. The van der Waals surface area contributed by atoms with Crippen LogP contribution in [0.1, 0.15) is 46.5 Å². The number of nitrogens with two attached hydrogens (primary N) is 1. The topological polar surface area (TPSA) is 51.0 Å². The molecule has 0 unspecified atom stereocenters. The zero-order chi connectivity index (χ0) is 28.2. The molecule has 3 aromatic rings. The van der Waals surface area contributed by atoms with Gasteiger partial charge in [-0.3, -0.25) is 0 Å². The molecule has 0 amide bonds. The van der Waals surface area contributed by atoms with Crippen molar-refractivity contribution >= 4 is 30.1 Å². The number of anilines is 2. The number of ether oxygens (including phenoxy) is 1. The van der Waals surface area contributed by atoms with Gasteiger partial charge in [-0.05, 0) is 47.4 Å². The number of likely N-dealkylation sites (N-methyl/N-ethyl adjacent to an activating group) is 1. The van der Waals surface area contributed by atoms with Gasteiger partial charge in [-0.25, -0.2) is 0 Å². The Kier molecular flexibility index (Phi) is 8.60. The van der Waals surface area contributed by atoms with Crippen molar-refractivity contribution in [1.82, 2.24) is 4.90 Å². The molecule has 1 saturated carbocycles. The van der Waals surface area contributed by atoms with Crippen molar-refractivity contribution in [2.24, 2.45) is 5.41 Å². The van der Waals surface area contributed by atoms with Crippen LogP contribution in [0, 0.1) is 5.41 Å². The maximum absolute atomic E-state index is 7.44. The van der Waals surface area contributed by atoms with E-state index in [1.807, 2.05) is 12.1 Å². The van der Waals surface area contributed by atoms with E-state index < -0.39 is 8.32 Å². The molecule has 1 saturated heterocycles. The van der Waals surface area contributed by atoms with Gasteiger partial charge in [0.25, 0.3) is 8.32 Å². The highest BCUT2D eigenvalue weighted by Gasteiger charge is 2.51. The molecule has 0 radical (unpaired) electrons. The number of nitrogen functional groups attached to an aromatic ring is 1. The van der Waals surface area contributed by atoms with Crippen LogP contribution in [-0.4, -0.2) is 59.7 Å². The maximum atomic E-state index is 7.44. The number of rotatable bonds is 9. The molecule has 5 rings (SSSR count). The molecule has 0 spiro atoms. The largest absolute Gasteiger partial charge is 0.491 e. The quantitative estimate of drug-likeness (QED) is 0.277. The van der Waals surface area contributed by atoms with Crippen LogP contribution in [0.5, 0.6) is 5.75 Å². The van der Waals surface area contributed by atoms with Crippen LogP contribution in [0.4, 0.5) is 11.4 Å². The normalized spacial score (nSPS) is 18.1. The number of nitrogens with zero attached hydrogens (tertiary/aromatic N) is 2. The number of hydrogen-bond donors (Lipinski definition) is 1. The fourth-order valence-corrected chi connectivity index (χ4v) is 11.3. The van der Waals surface area contributed by atoms with Crippen molar-refractivity contribution in [1.29, 1.82) is 0 Å². The van der Waals surface area contributed by atoms with Gasteiger partial charge in [-0.2, -0.15) is 0 Å². The first-order valence-electron chi connectivity index (χ1n) is 14.9. The predicted octanol–water partition coefficient (Wildman–Crippen LogP) is 5.54. The fraction of sp³-hybridized carbons (Fsp3) is 0.471. The molecule has 1 aliphatic heterocycles. The van der Waals surface area contributed by atoms with Crippen molar-refractivity contribution < 1.29 is 9.16 Å². The van der Waals surface area contributed by atoms with Gasteiger partial charge in [-0.15, -0.1) is 0 Å². The molecule has 40 heavy (non-hydrogen) atoms. The molecule has 214 valence electrons. The van der Waals surface area contributed by atoms with E-state index in [2.05, 4.69) is 104 Å². The standard InChI is InChI=1S/C34H47N3O2Si/c1-33(2,3)40(29-13-7-5-8-14-29,30-15-9-6-10-16-30)39-27-34(19-11-12-20-34)26-38-32-25-28(35)17-18-31(32)37-23-21-36(4)22-24-37/h5-10,13-18,25H,11-12,19-24,26-27,35H2,1-4H3. The smallest absolute Gasteiger partial charge is 0.261 e. The van der Waals surface area contributed by atoms with Gasteiger partial charge in [0.1, 0.15) is 5.75 Å². The van der Waals surface area contributed by atoms with Crippen LogP contribution >= 0.6 is 0 Å². The Morgan fingerprint density at radius 3 is 1.93 bits per heavy atom. The fourth-order valence-electron chi connectivity index (χ4n) is 6.66. The van der Waals surface area contributed by atoms with Crippen LogP contribution in [0.3, 0.4) is 0 Å². The van der Waals surface area contributed by atoms with Crippen LogP contribution in [0.2, 0.25) is 5.04 Å². The second-order valence-electron chi connectivity index (χ2n) is 13.0. The van der Waals surface area contributed by atoms with Gasteiger partial charge in [0, 0.05) is 50.0 Å². The summed E-state index contributed by atoms with van der Waals surface area (Å²) in [6, 6.07) is 28.1. The van der Waals surface area contributed by atoms with E-state index in [-0.39, 0.29) is 10.5 Å². The molecule has 1 heterocycles. The Balaban J connectivity index is 1.43. The predicted molar refractivity (Wildman–Crippen MR) is 171 cm³/mol. The van der Waals surface area contributed by atoms with Crippen molar-refractivity contribution in [3.05, 3.63) is 78.9 Å². The number of benzene rings is 3. The minimum absolute atomic E-state index is 0.0168. The van der Waals surface area contributed by atoms with Crippen LogP contribution < -0.4 is 25.7 Å². The highest BCUT2D eigenvalue weighted by molar-refractivity contribution is 6.99. The second-order valence-corrected chi connectivity index (χ2v) is 17.3. The Morgan fingerprint density at radius 1 is 0.800 bits per heavy atom. The molecule has 1 aliphatic carbocycles. The zero-order valence-electron chi connectivity index (χ0n) is 24.9. The third-order valence-electron chi connectivity index (χ3n) is 9.04. The van der Waals surface area contributed by atoms with Gasteiger partial charge >= 0.3 is 0 Å². The van der Waals surface area contributed by atoms with E-state index in [1.165, 1.54) is 23.2 Å². The first-order chi connectivity index (χ1) is 19.2. The molecule has 3 aromatic carbocycles. The minimum atomic E-state index is -2.61. The molecule has 0 aromatic heterocycles. The Morgan fingerprint density at radius 2 is 1.38 bits per heavy atom. The van der Waals surface area contributed by atoms with Crippen LogP contribution in [0.15, 0.2) is 78.9 Å². The average molecular weight is 558 g/mol. The van der Waals surface area contributed by atoms with Gasteiger partial charge in [0.05, 0.1) is 12.3 Å². The van der Waals surface area contributed by atoms with Crippen molar-refractivity contribution in [3.63, 3.8) is 0 Å². The number of piperazine rings is 1. The van der Waals surface area contributed by atoms with Gasteiger partial charge < -0.3 is 24.7 Å². The van der Waals surface area contributed by atoms with Crippen molar-refractivity contribution in [2.45, 2.75) is 51.5 Å². The summed E-state index contributed by atoms with van der Waals surface area (Å²) < 4.78 is 14.2. The lowest BCUT2D eigenvalue weighted by Crippen LogP contribution is -2.67. The van der Waals surface area contributed by atoms with E-state index in [4.69, 9.17) is 14.9 Å². The number of hydrogen-bond acceptors (Lipinski definition) is 5. The van der Waals surface area contributed by atoms with Gasteiger partial charge in [0.15, 0.2) is 0 Å². The summed E-state index contributed by atoms with van der Waals surface area (Å²) in [6.45, 7) is 12.5. The van der Waals surface area contributed by atoms with E-state index in [0.29, 0.717) is 13.2 Å².